The first kappa shape index (κ1) is 9.98. The minimum Gasteiger partial charge on any atom is -0.354 e. The summed E-state index contributed by atoms with van der Waals surface area (Å²) in [4.78, 5) is 7.59. The van der Waals surface area contributed by atoms with E-state index in [-0.39, 0.29) is 6.04 Å². The molecule has 1 aromatic carbocycles. The number of imidazole rings is 1. The van der Waals surface area contributed by atoms with E-state index in [1.807, 2.05) is 24.3 Å². The van der Waals surface area contributed by atoms with Crippen LogP contribution in [0.4, 0.5) is 5.95 Å². The molecule has 0 radical (unpaired) electrons. The van der Waals surface area contributed by atoms with Gasteiger partial charge in [-0.1, -0.05) is 19.1 Å². The fourth-order valence-electron chi connectivity index (χ4n) is 1.41. The summed E-state index contributed by atoms with van der Waals surface area (Å²) in [6, 6.07) is 8.13. The van der Waals surface area contributed by atoms with Gasteiger partial charge in [0.2, 0.25) is 5.95 Å². The van der Waals surface area contributed by atoms with Crippen LogP contribution >= 0.6 is 0 Å². The van der Waals surface area contributed by atoms with Crippen LogP contribution in [-0.4, -0.2) is 22.6 Å². The van der Waals surface area contributed by atoms with Crippen LogP contribution in [-0.2, 0) is 0 Å². The molecule has 15 heavy (non-hydrogen) atoms. The Hall–Kier alpha value is -1.55. The number of fused-ring (bicyclic) bond motifs is 1. The highest BCUT2D eigenvalue weighted by Crippen LogP contribution is 2.12. The van der Waals surface area contributed by atoms with E-state index in [0.29, 0.717) is 0 Å². The van der Waals surface area contributed by atoms with Gasteiger partial charge in [-0.05, 0) is 18.6 Å². The number of aromatic nitrogens is 2. The Kier molecular flexibility index (Phi) is 2.87. The van der Waals surface area contributed by atoms with Gasteiger partial charge in [0.15, 0.2) is 0 Å². The molecule has 0 aliphatic heterocycles. The van der Waals surface area contributed by atoms with Crippen LogP contribution in [0, 0.1) is 0 Å². The highest BCUT2D eigenvalue weighted by Gasteiger charge is 2.02. The zero-order valence-electron chi connectivity index (χ0n) is 8.83. The van der Waals surface area contributed by atoms with Crippen LogP contribution < -0.4 is 11.1 Å². The van der Waals surface area contributed by atoms with Gasteiger partial charge in [0.05, 0.1) is 11.0 Å². The molecule has 0 saturated heterocycles. The fourth-order valence-corrected chi connectivity index (χ4v) is 1.41. The number of benzene rings is 1. The molecule has 80 valence electrons. The third-order valence-corrected chi connectivity index (χ3v) is 2.45. The fraction of sp³-hybridized carbons (Fsp3) is 0.364. The molecular weight excluding hydrogens is 188 g/mol. The van der Waals surface area contributed by atoms with E-state index < -0.39 is 0 Å². The van der Waals surface area contributed by atoms with Crippen molar-refractivity contribution in [3.8, 4) is 0 Å². The first-order valence-corrected chi connectivity index (χ1v) is 5.24. The Morgan fingerprint density at radius 1 is 1.47 bits per heavy atom. The van der Waals surface area contributed by atoms with Crippen molar-refractivity contribution in [1.29, 1.82) is 0 Å². The van der Waals surface area contributed by atoms with Gasteiger partial charge in [0.25, 0.3) is 0 Å². The molecule has 1 unspecified atom stereocenters. The van der Waals surface area contributed by atoms with E-state index in [1.165, 1.54) is 0 Å². The number of nitrogens with two attached hydrogens (primary N) is 1. The zero-order valence-corrected chi connectivity index (χ0v) is 8.83. The average molecular weight is 204 g/mol. The Morgan fingerprint density at radius 3 is 3.00 bits per heavy atom. The van der Waals surface area contributed by atoms with Gasteiger partial charge in [0.1, 0.15) is 0 Å². The quantitative estimate of drug-likeness (QED) is 0.710. The lowest BCUT2D eigenvalue weighted by atomic mass is 10.2. The smallest absolute Gasteiger partial charge is 0.201 e. The Bertz CT molecular complexity index is 402. The largest absolute Gasteiger partial charge is 0.354 e. The number of aromatic amines is 1. The van der Waals surface area contributed by atoms with Crippen LogP contribution in [0.5, 0.6) is 0 Å². The average Bonchev–Trinajstić information content (AvgIpc) is 2.68. The number of hydrogen-bond donors (Lipinski definition) is 3. The Balaban J connectivity index is 2.09. The van der Waals surface area contributed by atoms with E-state index in [4.69, 9.17) is 5.73 Å². The molecule has 0 fully saturated rings. The third-order valence-electron chi connectivity index (χ3n) is 2.45. The van der Waals surface area contributed by atoms with E-state index in [1.54, 1.807) is 0 Å². The van der Waals surface area contributed by atoms with Crippen LogP contribution in [0.2, 0.25) is 0 Å². The molecule has 2 aromatic rings. The van der Waals surface area contributed by atoms with E-state index in [2.05, 4.69) is 22.2 Å². The molecule has 2 rings (SSSR count). The monoisotopic (exact) mass is 204 g/mol. The predicted octanol–water partition coefficient (Wildman–Crippen LogP) is 1.71. The van der Waals surface area contributed by atoms with Crippen LogP contribution in [0.3, 0.4) is 0 Å². The van der Waals surface area contributed by atoms with Crippen molar-refractivity contribution >= 4 is 17.0 Å². The van der Waals surface area contributed by atoms with Crippen molar-refractivity contribution in [3.63, 3.8) is 0 Å². The molecule has 4 heteroatoms. The van der Waals surface area contributed by atoms with Gasteiger partial charge in [-0.2, -0.15) is 0 Å². The second kappa shape index (κ2) is 4.31. The standard InChI is InChI=1S/C11H16N4/c1-2-8(12)7-13-11-14-9-5-3-4-6-10(9)15-11/h3-6,8H,2,7,12H2,1H3,(H2,13,14,15). The first-order valence-electron chi connectivity index (χ1n) is 5.24. The minimum absolute atomic E-state index is 0.179. The maximum Gasteiger partial charge on any atom is 0.201 e. The highest BCUT2D eigenvalue weighted by atomic mass is 15.1. The van der Waals surface area contributed by atoms with Crippen LogP contribution in [0.25, 0.3) is 11.0 Å². The SMILES string of the molecule is CCC(N)CNc1nc2ccccc2[nH]1. The molecular formula is C11H16N4. The van der Waals surface area contributed by atoms with Gasteiger partial charge in [-0.25, -0.2) is 4.98 Å². The number of H-pyrrole nitrogens is 1. The number of rotatable bonds is 4. The summed E-state index contributed by atoms with van der Waals surface area (Å²) in [5.74, 6) is 0.792. The summed E-state index contributed by atoms with van der Waals surface area (Å²) in [5.41, 5.74) is 7.83. The number of nitrogens with zero attached hydrogens (tertiary/aromatic N) is 1. The van der Waals surface area contributed by atoms with Crippen molar-refractivity contribution in [2.75, 3.05) is 11.9 Å². The second-order valence-corrected chi connectivity index (χ2v) is 3.65. The van der Waals surface area contributed by atoms with Gasteiger partial charge >= 0.3 is 0 Å². The van der Waals surface area contributed by atoms with E-state index in [0.717, 1.165) is 29.9 Å². The van der Waals surface area contributed by atoms with Crippen molar-refractivity contribution in [3.05, 3.63) is 24.3 Å². The lowest BCUT2D eigenvalue weighted by Crippen LogP contribution is -2.28. The van der Waals surface area contributed by atoms with Gasteiger partial charge in [-0.15, -0.1) is 0 Å². The summed E-state index contributed by atoms with van der Waals surface area (Å²) >= 11 is 0. The van der Waals surface area contributed by atoms with Gasteiger partial charge in [-0.3, -0.25) is 0 Å². The maximum atomic E-state index is 5.81. The Morgan fingerprint density at radius 2 is 2.27 bits per heavy atom. The van der Waals surface area contributed by atoms with Crippen molar-refractivity contribution in [1.82, 2.24) is 9.97 Å². The first-order chi connectivity index (χ1) is 7.29. The molecule has 0 spiro atoms. The second-order valence-electron chi connectivity index (χ2n) is 3.65. The summed E-state index contributed by atoms with van der Waals surface area (Å²) in [5, 5.41) is 3.19. The number of hydrogen-bond acceptors (Lipinski definition) is 3. The lowest BCUT2D eigenvalue weighted by Gasteiger charge is -2.08. The molecule has 1 heterocycles. The summed E-state index contributed by atoms with van der Waals surface area (Å²) in [6.45, 7) is 2.82. The normalized spacial score (nSPS) is 12.9. The predicted molar refractivity (Wildman–Crippen MR) is 62.8 cm³/mol. The highest BCUT2D eigenvalue weighted by molar-refractivity contribution is 5.77. The van der Waals surface area contributed by atoms with Crippen molar-refractivity contribution in [2.24, 2.45) is 5.73 Å². The van der Waals surface area contributed by atoms with Gasteiger partial charge < -0.3 is 16.0 Å². The topological polar surface area (TPSA) is 66.7 Å². The number of para-hydroxylation sites is 2. The molecule has 4 nitrogen and oxygen atoms in total. The summed E-state index contributed by atoms with van der Waals surface area (Å²) < 4.78 is 0. The maximum absolute atomic E-state index is 5.81. The molecule has 4 N–H and O–H groups in total. The van der Waals surface area contributed by atoms with E-state index >= 15 is 0 Å². The lowest BCUT2D eigenvalue weighted by molar-refractivity contribution is 0.677. The number of nitrogens with one attached hydrogen (secondary N) is 2. The van der Waals surface area contributed by atoms with Crippen molar-refractivity contribution < 1.29 is 0 Å². The van der Waals surface area contributed by atoms with Crippen molar-refractivity contribution in [2.45, 2.75) is 19.4 Å². The number of anilines is 1. The molecule has 0 bridgehead atoms. The molecule has 0 amide bonds. The molecule has 0 aliphatic rings. The van der Waals surface area contributed by atoms with Gasteiger partial charge in [0, 0.05) is 12.6 Å². The molecule has 0 aliphatic carbocycles. The summed E-state index contributed by atoms with van der Waals surface area (Å²) in [6.07, 6.45) is 0.966. The Labute approximate surface area is 88.9 Å². The van der Waals surface area contributed by atoms with E-state index in [9.17, 15) is 0 Å². The van der Waals surface area contributed by atoms with Crippen LogP contribution in [0.1, 0.15) is 13.3 Å². The third kappa shape index (κ3) is 2.27. The zero-order chi connectivity index (χ0) is 10.7. The summed E-state index contributed by atoms with van der Waals surface area (Å²) in [7, 11) is 0. The van der Waals surface area contributed by atoms with Crippen LogP contribution in [0.15, 0.2) is 24.3 Å². The molecule has 1 aromatic heterocycles. The molecule has 1 atom stereocenters. The minimum atomic E-state index is 0.179. The molecule has 0 saturated carbocycles.